The second-order valence-corrected chi connectivity index (χ2v) is 5.12. The van der Waals surface area contributed by atoms with Gasteiger partial charge in [0, 0.05) is 10.6 Å². The van der Waals surface area contributed by atoms with Crippen molar-refractivity contribution in [1.29, 1.82) is 0 Å². The maximum absolute atomic E-state index is 2.27. The molecule has 0 fully saturated rings. The van der Waals surface area contributed by atoms with Gasteiger partial charge in [0.2, 0.25) is 0 Å². The normalized spacial score (nSPS) is 18.6. The Kier molecular flexibility index (Phi) is 2.69. The highest BCUT2D eigenvalue weighted by molar-refractivity contribution is 8.00. The van der Waals surface area contributed by atoms with Crippen LogP contribution in [-0.2, 0) is 0 Å². The van der Waals surface area contributed by atoms with Crippen molar-refractivity contribution in [2.45, 2.75) is 25.7 Å². The van der Waals surface area contributed by atoms with Crippen molar-refractivity contribution in [3.05, 3.63) is 35.4 Å². The highest BCUT2D eigenvalue weighted by atomic mass is 32.2. The van der Waals surface area contributed by atoms with Crippen molar-refractivity contribution >= 4 is 17.3 Å². The number of rotatable bonds is 1. The van der Waals surface area contributed by atoms with Gasteiger partial charge in [-0.2, -0.15) is 0 Å². The van der Waals surface area contributed by atoms with Crippen LogP contribution < -0.4 is 0 Å². The van der Waals surface area contributed by atoms with Crippen LogP contribution in [0.3, 0.4) is 0 Å². The third-order valence-corrected chi connectivity index (χ3v) is 4.03. The molecule has 0 bridgehead atoms. The highest BCUT2D eigenvalue weighted by Crippen LogP contribution is 2.41. The summed E-state index contributed by atoms with van der Waals surface area (Å²) in [4.78, 5) is 1.45. The van der Waals surface area contributed by atoms with E-state index < -0.39 is 0 Å². The van der Waals surface area contributed by atoms with Crippen LogP contribution in [0.1, 0.15) is 26.3 Å². The lowest BCUT2D eigenvalue weighted by molar-refractivity contribution is 0.771. The Labute approximate surface area is 90.4 Å². The summed E-state index contributed by atoms with van der Waals surface area (Å²) in [7, 11) is 0. The number of fused-ring (bicyclic) bond motifs is 1. The van der Waals surface area contributed by atoms with E-state index in [0.29, 0.717) is 5.92 Å². The molecular weight excluding hydrogens is 188 g/mol. The molecule has 0 aromatic heterocycles. The Hall–Kier alpha value is -0.690. The third-order valence-electron chi connectivity index (χ3n) is 2.93. The van der Waals surface area contributed by atoms with Gasteiger partial charge in [-0.3, -0.25) is 0 Å². The number of hydrogen-bond acceptors (Lipinski definition) is 1. The van der Waals surface area contributed by atoms with Crippen LogP contribution in [0.15, 0.2) is 34.7 Å². The fourth-order valence-corrected chi connectivity index (χ4v) is 2.95. The predicted octanol–water partition coefficient (Wildman–Crippen LogP) is 4.22. The lowest BCUT2D eigenvalue weighted by Gasteiger charge is -2.10. The first kappa shape index (κ1) is 9.85. The lowest BCUT2D eigenvalue weighted by Crippen LogP contribution is -1.94. The van der Waals surface area contributed by atoms with Crippen molar-refractivity contribution in [2.24, 2.45) is 5.92 Å². The average Bonchev–Trinajstić information content (AvgIpc) is 2.60. The maximum Gasteiger partial charge on any atom is 0.0238 e. The quantitative estimate of drug-likeness (QED) is 0.660. The fraction of sp³-hybridized carbons (Fsp3) is 0.385. The average molecular weight is 204 g/mol. The summed E-state index contributed by atoms with van der Waals surface area (Å²) in [6.45, 7) is 6.81. The Morgan fingerprint density at radius 3 is 2.71 bits per heavy atom. The van der Waals surface area contributed by atoms with E-state index in [1.807, 2.05) is 11.8 Å². The van der Waals surface area contributed by atoms with Crippen LogP contribution in [0.4, 0.5) is 0 Å². The SMILES string of the molecule is C/C(=C1\CSc2ccccc21)C(C)C. The molecule has 1 heterocycles. The van der Waals surface area contributed by atoms with Gasteiger partial charge >= 0.3 is 0 Å². The summed E-state index contributed by atoms with van der Waals surface area (Å²) < 4.78 is 0. The van der Waals surface area contributed by atoms with E-state index in [4.69, 9.17) is 0 Å². The number of thioether (sulfide) groups is 1. The van der Waals surface area contributed by atoms with Crippen molar-refractivity contribution in [1.82, 2.24) is 0 Å². The summed E-state index contributed by atoms with van der Waals surface area (Å²) >= 11 is 1.96. The molecule has 0 amide bonds. The zero-order valence-corrected chi connectivity index (χ0v) is 9.82. The van der Waals surface area contributed by atoms with Gasteiger partial charge in [0.15, 0.2) is 0 Å². The van der Waals surface area contributed by atoms with Crippen LogP contribution in [-0.4, -0.2) is 5.75 Å². The smallest absolute Gasteiger partial charge is 0.0238 e. The molecule has 0 atom stereocenters. The number of benzene rings is 1. The van der Waals surface area contributed by atoms with Gasteiger partial charge < -0.3 is 0 Å². The van der Waals surface area contributed by atoms with E-state index in [1.54, 1.807) is 11.1 Å². The molecule has 14 heavy (non-hydrogen) atoms. The molecule has 1 heteroatoms. The number of hydrogen-bond donors (Lipinski definition) is 0. The molecule has 0 unspecified atom stereocenters. The second kappa shape index (κ2) is 3.82. The van der Waals surface area contributed by atoms with Gasteiger partial charge in [0.25, 0.3) is 0 Å². The zero-order chi connectivity index (χ0) is 10.1. The Balaban J connectivity index is 2.49. The molecule has 74 valence electrons. The first-order valence-electron chi connectivity index (χ1n) is 5.12. The van der Waals surface area contributed by atoms with Crippen molar-refractivity contribution in [3.8, 4) is 0 Å². The monoisotopic (exact) mass is 204 g/mol. The molecule has 0 radical (unpaired) electrons. The largest absolute Gasteiger partial charge is 0.121 e. The van der Waals surface area contributed by atoms with E-state index in [0.717, 1.165) is 5.75 Å². The second-order valence-electron chi connectivity index (χ2n) is 4.10. The molecule has 2 rings (SSSR count). The van der Waals surface area contributed by atoms with Gasteiger partial charge in [0.05, 0.1) is 0 Å². The molecule has 0 N–H and O–H groups in total. The van der Waals surface area contributed by atoms with Crippen LogP contribution in [0.25, 0.3) is 5.57 Å². The maximum atomic E-state index is 2.27. The topological polar surface area (TPSA) is 0 Å². The van der Waals surface area contributed by atoms with Crippen molar-refractivity contribution < 1.29 is 0 Å². The first-order valence-corrected chi connectivity index (χ1v) is 6.10. The third kappa shape index (κ3) is 1.61. The molecule has 1 aromatic carbocycles. The molecule has 0 spiro atoms. The Bertz CT molecular complexity index is 375. The highest BCUT2D eigenvalue weighted by Gasteiger charge is 2.18. The van der Waals surface area contributed by atoms with Gasteiger partial charge in [0.1, 0.15) is 0 Å². The van der Waals surface area contributed by atoms with Crippen molar-refractivity contribution in [3.63, 3.8) is 0 Å². The molecular formula is C13H16S. The minimum atomic E-state index is 0.664. The van der Waals surface area contributed by atoms with Gasteiger partial charge in [-0.25, -0.2) is 0 Å². The Morgan fingerprint density at radius 2 is 2.00 bits per heavy atom. The molecule has 1 aliphatic heterocycles. The van der Waals surface area contributed by atoms with E-state index >= 15 is 0 Å². The van der Waals surface area contributed by atoms with Gasteiger partial charge in [-0.05, 0) is 30.0 Å². The molecule has 1 aliphatic rings. The predicted molar refractivity (Wildman–Crippen MR) is 64.6 cm³/mol. The lowest BCUT2D eigenvalue weighted by atomic mass is 9.95. The fourth-order valence-electron chi connectivity index (χ4n) is 1.74. The van der Waals surface area contributed by atoms with E-state index in [2.05, 4.69) is 45.0 Å². The summed E-state index contributed by atoms with van der Waals surface area (Å²) in [5.41, 5.74) is 4.56. The standard InChI is InChI=1S/C13H16S/c1-9(2)10(3)12-8-14-13-7-5-4-6-11(12)13/h4-7,9H,8H2,1-3H3/b12-10-. The summed E-state index contributed by atoms with van der Waals surface area (Å²) in [6, 6.07) is 8.73. The van der Waals surface area contributed by atoms with Gasteiger partial charge in [-0.15, -0.1) is 11.8 Å². The molecule has 0 nitrogen and oxygen atoms in total. The summed E-state index contributed by atoms with van der Waals surface area (Å²) in [6.07, 6.45) is 0. The molecule has 0 aliphatic carbocycles. The molecule has 0 saturated heterocycles. The first-order chi connectivity index (χ1) is 6.70. The minimum Gasteiger partial charge on any atom is -0.121 e. The summed E-state index contributed by atoms with van der Waals surface area (Å²) in [5, 5.41) is 0. The molecule has 1 aromatic rings. The minimum absolute atomic E-state index is 0.664. The van der Waals surface area contributed by atoms with Crippen LogP contribution in [0.5, 0.6) is 0 Å². The van der Waals surface area contributed by atoms with Crippen LogP contribution >= 0.6 is 11.8 Å². The summed E-state index contributed by atoms with van der Waals surface area (Å²) in [5.74, 6) is 1.82. The van der Waals surface area contributed by atoms with E-state index in [-0.39, 0.29) is 0 Å². The zero-order valence-electron chi connectivity index (χ0n) is 9.00. The van der Waals surface area contributed by atoms with E-state index in [9.17, 15) is 0 Å². The number of allylic oxidation sites excluding steroid dienone is 1. The van der Waals surface area contributed by atoms with Gasteiger partial charge in [-0.1, -0.05) is 37.6 Å². The Morgan fingerprint density at radius 1 is 1.29 bits per heavy atom. The molecule has 0 saturated carbocycles. The van der Waals surface area contributed by atoms with Crippen LogP contribution in [0, 0.1) is 5.92 Å². The van der Waals surface area contributed by atoms with Crippen molar-refractivity contribution in [2.75, 3.05) is 5.75 Å². The van der Waals surface area contributed by atoms with Crippen LogP contribution in [0.2, 0.25) is 0 Å². The van der Waals surface area contributed by atoms with E-state index in [1.165, 1.54) is 10.5 Å².